The van der Waals surface area contributed by atoms with Crippen molar-refractivity contribution in [1.82, 2.24) is 5.32 Å². The molecule has 3 rings (SSSR count). The van der Waals surface area contributed by atoms with Gasteiger partial charge in [-0.3, -0.25) is 4.79 Å². The van der Waals surface area contributed by atoms with Gasteiger partial charge in [0.05, 0.1) is 10.7 Å². The first-order valence-corrected chi connectivity index (χ1v) is 8.12. The lowest BCUT2D eigenvalue weighted by atomic mass is 10.2. The maximum absolute atomic E-state index is 12.5. The molecule has 0 saturated carbocycles. The van der Waals surface area contributed by atoms with E-state index in [9.17, 15) is 9.59 Å². The number of rotatable bonds is 3. The van der Waals surface area contributed by atoms with Crippen molar-refractivity contribution in [2.75, 3.05) is 16.8 Å². The van der Waals surface area contributed by atoms with Crippen molar-refractivity contribution >= 4 is 34.9 Å². The van der Waals surface area contributed by atoms with E-state index < -0.39 is 12.1 Å². The van der Waals surface area contributed by atoms with Crippen LogP contribution in [0.4, 0.5) is 16.2 Å². The lowest BCUT2D eigenvalue weighted by Crippen LogP contribution is -2.43. The van der Waals surface area contributed by atoms with Crippen LogP contribution in [0.5, 0.6) is 0 Å². The Morgan fingerprint density at radius 2 is 1.88 bits per heavy atom. The number of halogens is 1. The Morgan fingerprint density at radius 1 is 1.17 bits per heavy atom. The zero-order valence-corrected chi connectivity index (χ0v) is 14.0. The molecule has 0 spiro atoms. The number of carbonyl (C=O) groups is 2. The lowest BCUT2D eigenvalue weighted by Gasteiger charge is -2.17. The van der Waals surface area contributed by atoms with Crippen LogP contribution in [0.15, 0.2) is 48.5 Å². The Labute approximate surface area is 145 Å². The Kier molecular flexibility index (Phi) is 4.71. The van der Waals surface area contributed by atoms with Gasteiger partial charge in [-0.15, -0.1) is 0 Å². The molecule has 24 heavy (non-hydrogen) atoms. The third-order valence-electron chi connectivity index (χ3n) is 3.98. The summed E-state index contributed by atoms with van der Waals surface area (Å²) < 4.78 is 0. The van der Waals surface area contributed by atoms with E-state index in [1.165, 1.54) is 0 Å². The van der Waals surface area contributed by atoms with Crippen molar-refractivity contribution in [3.8, 4) is 0 Å². The van der Waals surface area contributed by atoms with Crippen molar-refractivity contribution in [3.05, 3.63) is 59.1 Å². The molecule has 2 aromatic carbocycles. The highest BCUT2D eigenvalue weighted by atomic mass is 35.5. The second kappa shape index (κ2) is 6.93. The third kappa shape index (κ3) is 3.51. The van der Waals surface area contributed by atoms with E-state index in [1.54, 1.807) is 29.2 Å². The van der Waals surface area contributed by atoms with Crippen LogP contribution in [0.2, 0.25) is 5.02 Å². The van der Waals surface area contributed by atoms with Crippen molar-refractivity contribution < 1.29 is 9.59 Å². The summed E-state index contributed by atoms with van der Waals surface area (Å²) in [6.07, 6.45) is 0.572. The van der Waals surface area contributed by atoms with Crippen LogP contribution in [0.25, 0.3) is 0 Å². The number of carbonyl (C=O) groups excluding carboxylic acids is 2. The van der Waals surface area contributed by atoms with Gasteiger partial charge in [0, 0.05) is 12.2 Å². The molecule has 6 heteroatoms. The second-order valence-electron chi connectivity index (χ2n) is 5.74. The van der Waals surface area contributed by atoms with Crippen LogP contribution < -0.4 is 15.5 Å². The van der Waals surface area contributed by atoms with Gasteiger partial charge in [0.15, 0.2) is 0 Å². The first kappa shape index (κ1) is 16.3. The summed E-state index contributed by atoms with van der Waals surface area (Å²) in [5.41, 5.74) is 2.50. The molecular weight excluding hydrogens is 326 g/mol. The highest BCUT2D eigenvalue weighted by Crippen LogP contribution is 2.23. The predicted octanol–water partition coefficient (Wildman–Crippen LogP) is 3.58. The minimum Gasteiger partial charge on any atom is -0.326 e. The quantitative estimate of drug-likeness (QED) is 0.894. The Bertz CT molecular complexity index is 761. The van der Waals surface area contributed by atoms with Crippen LogP contribution in [-0.2, 0) is 4.79 Å². The molecule has 1 fully saturated rings. The van der Waals surface area contributed by atoms with Crippen LogP contribution in [0.3, 0.4) is 0 Å². The summed E-state index contributed by atoms with van der Waals surface area (Å²) in [4.78, 5) is 26.3. The molecular formula is C18H18ClN3O2. The van der Waals surface area contributed by atoms with Gasteiger partial charge in [0.1, 0.15) is 6.04 Å². The number of nitrogens with one attached hydrogen (secondary N) is 2. The Balaban J connectivity index is 1.62. The SMILES string of the molecule is Cc1ccc(N2CCC(NC(=O)Nc3ccccc3Cl)C2=O)cc1. The average molecular weight is 344 g/mol. The summed E-state index contributed by atoms with van der Waals surface area (Å²) in [7, 11) is 0. The first-order valence-electron chi connectivity index (χ1n) is 7.74. The van der Waals surface area contributed by atoms with E-state index in [2.05, 4.69) is 10.6 Å². The monoisotopic (exact) mass is 343 g/mol. The molecule has 5 nitrogen and oxygen atoms in total. The van der Waals surface area contributed by atoms with Gasteiger partial charge >= 0.3 is 6.03 Å². The highest BCUT2D eigenvalue weighted by molar-refractivity contribution is 6.33. The highest BCUT2D eigenvalue weighted by Gasteiger charge is 2.33. The number of urea groups is 1. The molecule has 1 saturated heterocycles. The summed E-state index contributed by atoms with van der Waals surface area (Å²) in [6, 6.07) is 13.8. The Morgan fingerprint density at radius 3 is 2.58 bits per heavy atom. The van der Waals surface area contributed by atoms with Gasteiger partial charge in [0.25, 0.3) is 0 Å². The molecule has 3 amide bonds. The van der Waals surface area contributed by atoms with E-state index in [0.29, 0.717) is 23.7 Å². The van der Waals surface area contributed by atoms with Crippen LogP contribution in [0, 0.1) is 6.92 Å². The normalized spacial score (nSPS) is 17.0. The number of hydrogen-bond donors (Lipinski definition) is 2. The molecule has 0 aliphatic carbocycles. The average Bonchev–Trinajstić information content (AvgIpc) is 2.91. The van der Waals surface area contributed by atoms with Gasteiger partial charge in [-0.2, -0.15) is 0 Å². The molecule has 0 bridgehead atoms. The largest absolute Gasteiger partial charge is 0.326 e. The summed E-state index contributed by atoms with van der Waals surface area (Å²) >= 11 is 6.01. The van der Waals surface area contributed by atoms with Gasteiger partial charge in [-0.1, -0.05) is 41.4 Å². The summed E-state index contributed by atoms with van der Waals surface area (Å²) in [6.45, 7) is 2.58. The van der Waals surface area contributed by atoms with Crippen LogP contribution in [0.1, 0.15) is 12.0 Å². The van der Waals surface area contributed by atoms with Gasteiger partial charge in [-0.25, -0.2) is 4.79 Å². The second-order valence-corrected chi connectivity index (χ2v) is 6.15. The number of aryl methyl sites for hydroxylation is 1. The summed E-state index contributed by atoms with van der Waals surface area (Å²) in [5.74, 6) is -0.104. The number of anilines is 2. The van der Waals surface area contributed by atoms with Crippen molar-refractivity contribution in [2.24, 2.45) is 0 Å². The van der Waals surface area contributed by atoms with Crippen LogP contribution >= 0.6 is 11.6 Å². The standard InChI is InChI=1S/C18H18ClN3O2/c1-12-6-8-13(9-7-12)22-11-10-16(17(22)23)21-18(24)20-15-5-3-2-4-14(15)19/h2-9,16H,10-11H2,1H3,(H2,20,21,24). The molecule has 0 radical (unpaired) electrons. The molecule has 0 aromatic heterocycles. The fraction of sp³-hybridized carbons (Fsp3) is 0.222. The van der Waals surface area contributed by atoms with Gasteiger partial charge in [-0.05, 0) is 37.6 Å². The fourth-order valence-corrected chi connectivity index (χ4v) is 2.86. The molecule has 2 N–H and O–H groups in total. The van der Waals surface area contributed by atoms with Crippen molar-refractivity contribution in [3.63, 3.8) is 0 Å². The molecule has 1 aliphatic heterocycles. The minimum absolute atomic E-state index is 0.104. The van der Waals surface area contributed by atoms with E-state index in [4.69, 9.17) is 11.6 Å². The molecule has 1 heterocycles. The van der Waals surface area contributed by atoms with E-state index in [1.807, 2.05) is 31.2 Å². The number of para-hydroxylation sites is 1. The molecule has 1 atom stereocenters. The molecule has 124 valence electrons. The minimum atomic E-state index is -0.534. The van der Waals surface area contributed by atoms with Crippen molar-refractivity contribution in [1.29, 1.82) is 0 Å². The van der Waals surface area contributed by atoms with E-state index in [-0.39, 0.29) is 5.91 Å². The predicted molar refractivity (Wildman–Crippen MR) is 95.5 cm³/mol. The molecule has 2 aromatic rings. The van der Waals surface area contributed by atoms with Gasteiger partial charge in [0.2, 0.25) is 5.91 Å². The smallest absolute Gasteiger partial charge is 0.319 e. The maximum atomic E-state index is 12.5. The number of hydrogen-bond acceptors (Lipinski definition) is 2. The molecule has 1 unspecified atom stereocenters. The first-order chi connectivity index (χ1) is 11.5. The van der Waals surface area contributed by atoms with E-state index in [0.717, 1.165) is 11.3 Å². The number of nitrogens with zero attached hydrogens (tertiary/aromatic N) is 1. The molecule has 1 aliphatic rings. The fourth-order valence-electron chi connectivity index (χ4n) is 2.67. The topological polar surface area (TPSA) is 61.4 Å². The van der Waals surface area contributed by atoms with Crippen molar-refractivity contribution in [2.45, 2.75) is 19.4 Å². The summed E-state index contributed by atoms with van der Waals surface area (Å²) in [5, 5.41) is 5.83. The maximum Gasteiger partial charge on any atom is 0.319 e. The number of amides is 3. The van der Waals surface area contributed by atoms with Gasteiger partial charge < -0.3 is 15.5 Å². The number of benzene rings is 2. The zero-order chi connectivity index (χ0) is 17.1. The Hall–Kier alpha value is -2.53. The lowest BCUT2D eigenvalue weighted by molar-refractivity contribution is -0.118. The third-order valence-corrected chi connectivity index (χ3v) is 4.31. The zero-order valence-electron chi connectivity index (χ0n) is 13.3. The van der Waals surface area contributed by atoms with Crippen LogP contribution in [-0.4, -0.2) is 24.5 Å². The van der Waals surface area contributed by atoms with E-state index >= 15 is 0 Å².